The van der Waals surface area contributed by atoms with Gasteiger partial charge in [-0.3, -0.25) is 20.1 Å². The Morgan fingerprint density at radius 3 is 2.63 bits per heavy atom. The molecule has 0 aromatic carbocycles. The Bertz CT molecular complexity index is 555. The van der Waals surface area contributed by atoms with Crippen molar-refractivity contribution >= 4 is 11.5 Å². The van der Waals surface area contributed by atoms with Crippen LogP contribution in [0.5, 0.6) is 0 Å². The minimum atomic E-state index is -0.797. The molecular weight excluding hydrogens is 250 g/mol. The lowest BCUT2D eigenvalue weighted by molar-refractivity contribution is -0.418. The van der Waals surface area contributed by atoms with E-state index in [1.165, 1.54) is 6.08 Å². The van der Waals surface area contributed by atoms with Crippen molar-refractivity contribution in [1.82, 2.24) is 5.06 Å². The van der Waals surface area contributed by atoms with E-state index in [4.69, 9.17) is 0 Å². The van der Waals surface area contributed by atoms with E-state index in [1.54, 1.807) is 0 Å². The van der Waals surface area contributed by atoms with Gasteiger partial charge in [0.2, 0.25) is 0 Å². The maximum Gasteiger partial charge on any atom is 0.318 e. The van der Waals surface area contributed by atoms with Gasteiger partial charge >= 0.3 is 5.70 Å². The summed E-state index contributed by atoms with van der Waals surface area (Å²) in [5.41, 5.74) is -1.01. The van der Waals surface area contributed by atoms with E-state index in [0.29, 0.717) is 12.8 Å². The summed E-state index contributed by atoms with van der Waals surface area (Å²) in [5.74, 6) is -0.719. The summed E-state index contributed by atoms with van der Waals surface area (Å²) in [6.45, 7) is 0. The van der Waals surface area contributed by atoms with Gasteiger partial charge in [-0.25, -0.2) is 10.1 Å². The number of allylic oxidation sites excluding steroid dienone is 4. The van der Waals surface area contributed by atoms with Crippen LogP contribution in [-0.4, -0.2) is 32.4 Å². The Morgan fingerprint density at radius 2 is 2.00 bits per heavy atom. The van der Waals surface area contributed by atoms with Gasteiger partial charge in [0.15, 0.2) is 5.66 Å². The molecule has 2 aliphatic carbocycles. The zero-order valence-electron chi connectivity index (χ0n) is 10.2. The standard InChI is InChI=1S/C12H13N3O4/c16-11-9(15(18)19)5-4-8-10(11)13-12(14(8)17)6-2-1-3-7-12/h4-5,17H,1-3,6-7H2. The Labute approximate surface area is 109 Å². The molecule has 0 amide bonds. The van der Waals surface area contributed by atoms with E-state index in [-0.39, 0.29) is 11.4 Å². The van der Waals surface area contributed by atoms with E-state index in [9.17, 15) is 20.1 Å². The topological polar surface area (TPSA) is 96.0 Å². The normalized spacial score (nSPS) is 24.8. The molecule has 0 saturated heterocycles. The van der Waals surface area contributed by atoms with Crippen LogP contribution in [0.1, 0.15) is 32.1 Å². The molecule has 0 aromatic heterocycles. The summed E-state index contributed by atoms with van der Waals surface area (Å²) in [4.78, 5) is 26.4. The highest BCUT2D eigenvalue weighted by Gasteiger charge is 2.49. The predicted molar refractivity (Wildman–Crippen MR) is 65.0 cm³/mol. The SMILES string of the molecule is O=C1C([N+](=O)[O-])=CC=C2C1=NC1(CCCCC1)N2O. The summed E-state index contributed by atoms with van der Waals surface area (Å²) in [6.07, 6.45) is 6.75. The number of carbonyl (C=O) groups is 1. The van der Waals surface area contributed by atoms with Gasteiger partial charge in [0.1, 0.15) is 5.71 Å². The maximum absolute atomic E-state index is 12.0. The lowest BCUT2D eigenvalue weighted by Crippen LogP contribution is -2.42. The van der Waals surface area contributed by atoms with Crippen LogP contribution in [0.4, 0.5) is 0 Å². The Morgan fingerprint density at radius 1 is 1.32 bits per heavy atom. The molecule has 3 rings (SSSR count). The van der Waals surface area contributed by atoms with Crippen molar-refractivity contribution < 1.29 is 14.9 Å². The first-order chi connectivity index (χ1) is 9.05. The first-order valence-electron chi connectivity index (χ1n) is 6.26. The van der Waals surface area contributed by atoms with Crippen LogP contribution in [0, 0.1) is 10.1 Å². The second-order valence-corrected chi connectivity index (χ2v) is 5.01. The van der Waals surface area contributed by atoms with Gasteiger partial charge < -0.3 is 0 Å². The number of rotatable bonds is 1. The molecule has 0 bridgehead atoms. The molecular formula is C12H13N3O4. The Hall–Kier alpha value is -2.02. The third kappa shape index (κ3) is 1.61. The molecule has 19 heavy (non-hydrogen) atoms. The molecule has 3 aliphatic rings. The number of aliphatic imine (C=N–C) groups is 1. The van der Waals surface area contributed by atoms with E-state index >= 15 is 0 Å². The molecule has 1 N–H and O–H groups in total. The van der Waals surface area contributed by atoms with Crippen LogP contribution < -0.4 is 0 Å². The van der Waals surface area contributed by atoms with Gasteiger partial charge in [0, 0.05) is 6.08 Å². The number of hydrogen-bond acceptors (Lipinski definition) is 6. The fourth-order valence-corrected chi connectivity index (χ4v) is 2.89. The lowest BCUT2D eigenvalue weighted by atomic mass is 9.89. The molecule has 0 aromatic rings. The van der Waals surface area contributed by atoms with Crippen molar-refractivity contribution in [3.05, 3.63) is 33.7 Å². The smallest absolute Gasteiger partial charge is 0.286 e. The second-order valence-electron chi connectivity index (χ2n) is 5.01. The third-order valence-corrected chi connectivity index (χ3v) is 3.88. The first-order valence-corrected chi connectivity index (χ1v) is 6.26. The number of hydroxylamine groups is 2. The Balaban J connectivity index is 2.03. The van der Waals surface area contributed by atoms with E-state index in [0.717, 1.165) is 30.4 Å². The molecule has 7 nitrogen and oxygen atoms in total. The van der Waals surface area contributed by atoms with Crippen LogP contribution >= 0.6 is 0 Å². The van der Waals surface area contributed by atoms with Crippen LogP contribution in [-0.2, 0) is 4.79 Å². The van der Waals surface area contributed by atoms with E-state index in [1.807, 2.05) is 0 Å². The lowest BCUT2D eigenvalue weighted by Gasteiger charge is -2.36. The number of nitrogens with zero attached hydrogens (tertiary/aromatic N) is 3. The minimum Gasteiger partial charge on any atom is -0.286 e. The number of Topliss-reactive ketones (excluding diaryl/α,β-unsaturated/α-hetero) is 1. The molecule has 1 spiro atoms. The first kappa shape index (κ1) is 12.0. The van der Waals surface area contributed by atoms with Crippen molar-refractivity contribution in [3.63, 3.8) is 0 Å². The highest BCUT2D eigenvalue weighted by atomic mass is 16.6. The summed E-state index contributed by atoms with van der Waals surface area (Å²) in [5, 5.41) is 22.0. The van der Waals surface area contributed by atoms with Gasteiger partial charge in [-0.1, -0.05) is 6.42 Å². The number of nitro groups is 1. The highest BCUT2D eigenvalue weighted by Crippen LogP contribution is 2.41. The molecule has 1 fully saturated rings. The number of fused-ring (bicyclic) bond motifs is 1. The van der Waals surface area contributed by atoms with Gasteiger partial charge in [0.05, 0.1) is 10.6 Å². The molecule has 0 radical (unpaired) electrons. The van der Waals surface area contributed by atoms with Gasteiger partial charge in [-0.15, -0.1) is 0 Å². The van der Waals surface area contributed by atoms with Gasteiger partial charge in [0.25, 0.3) is 5.78 Å². The molecule has 1 aliphatic heterocycles. The summed E-state index contributed by atoms with van der Waals surface area (Å²) < 4.78 is 0. The van der Waals surface area contributed by atoms with Crippen molar-refractivity contribution in [2.24, 2.45) is 4.99 Å². The molecule has 7 heteroatoms. The third-order valence-electron chi connectivity index (χ3n) is 3.88. The predicted octanol–water partition coefficient (Wildman–Crippen LogP) is 1.42. The maximum atomic E-state index is 12.0. The van der Waals surface area contributed by atoms with Crippen LogP contribution in [0.25, 0.3) is 0 Å². The van der Waals surface area contributed by atoms with E-state index < -0.39 is 22.1 Å². The minimum absolute atomic E-state index is 0.0126. The van der Waals surface area contributed by atoms with Crippen molar-refractivity contribution in [1.29, 1.82) is 0 Å². The fourth-order valence-electron chi connectivity index (χ4n) is 2.89. The Kier molecular flexibility index (Phi) is 2.53. The average molecular weight is 263 g/mol. The largest absolute Gasteiger partial charge is 0.318 e. The second kappa shape index (κ2) is 3.99. The highest BCUT2D eigenvalue weighted by molar-refractivity contribution is 6.51. The summed E-state index contributed by atoms with van der Waals surface area (Å²) >= 11 is 0. The molecule has 100 valence electrons. The van der Waals surface area contributed by atoms with Crippen molar-refractivity contribution in [2.45, 2.75) is 37.8 Å². The zero-order valence-corrected chi connectivity index (χ0v) is 10.2. The zero-order chi connectivity index (χ0) is 13.6. The number of ketones is 1. The quantitative estimate of drug-likeness (QED) is 0.438. The summed E-state index contributed by atoms with van der Waals surface area (Å²) in [7, 11) is 0. The fraction of sp³-hybridized carbons (Fsp3) is 0.500. The van der Waals surface area contributed by atoms with E-state index in [2.05, 4.69) is 4.99 Å². The molecule has 0 unspecified atom stereocenters. The summed E-state index contributed by atoms with van der Waals surface area (Å²) in [6, 6.07) is 0. The molecule has 1 heterocycles. The average Bonchev–Trinajstić information content (AvgIpc) is 2.66. The van der Waals surface area contributed by atoms with Crippen molar-refractivity contribution in [3.8, 4) is 0 Å². The molecule has 0 atom stereocenters. The van der Waals surface area contributed by atoms with Crippen LogP contribution in [0.15, 0.2) is 28.5 Å². The van der Waals surface area contributed by atoms with Crippen LogP contribution in [0.2, 0.25) is 0 Å². The number of hydrogen-bond donors (Lipinski definition) is 1. The number of carbonyl (C=O) groups excluding carboxylic acids is 1. The monoisotopic (exact) mass is 263 g/mol. The van der Waals surface area contributed by atoms with Gasteiger partial charge in [-0.05, 0) is 31.8 Å². The van der Waals surface area contributed by atoms with Crippen molar-refractivity contribution in [2.75, 3.05) is 0 Å². The molecule has 1 saturated carbocycles. The van der Waals surface area contributed by atoms with Crippen LogP contribution in [0.3, 0.4) is 0 Å². The van der Waals surface area contributed by atoms with Gasteiger partial charge in [-0.2, -0.15) is 0 Å².